The van der Waals surface area contributed by atoms with Crippen LogP contribution in [-0.2, 0) is 19.1 Å². The number of allylic oxidation sites excluding steroid dienone is 1. The number of esters is 2. The summed E-state index contributed by atoms with van der Waals surface area (Å²) in [6.45, 7) is 6.35. The molecule has 0 saturated carbocycles. The molecule has 0 amide bonds. The highest BCUT2D eigenvalue weighted by Gasteiger charge is 2.33. The van der Waals surface area contributed by atoms with Crippen molar-refractivity contribution in [2.45, 2.75) is 25.7 Å². The molecule has 0 heterocycles. The second kappa shape index (κ2) is 11.0. The smallest absolute Gasteiger partial charge is 0.347 e. The van der Waals surface area contributed by atoms with Crippen LogP contribution in [0.15, 0.2) is 81.7 Å². The fourth-order valence-electron chi connectivity index (χ4n) is 3.35. The zero-order chi connectivity index (χ0) is 23.9. The third kappa shape index (κ3) is 6.04. The summed E-state index contributed by atoms with van der Waals surface area (Å²) in [5.74, 6) is -1.49. The van der Waals surface area contributed by atoms with E-state index in [0.717, 1.165) is 20.9 Å². The molecule has 0 unspecified atom stereocenters. The van der Waals surface area contributed by atoms with Crippen molar-refractivity contribution < 1.29 is 19.1 Å². The molecule has 0 spiro atoms. The fourth-order valence-corrected chi connectivity index (χ4v) is 4.79. The van der Waals surface area contributed by atoms with Gasteiger partial charge >= 0.3 is 11.9 Å². The van der Waals surface area contributed by atoms with Crippen LogP contribution in [0.1, 0.15) is 26.3 Å². The van der Waals surface area contributed by atoms with E-state index in [1.54, 1.807) is 19.0 Å². The molecule has 0 saturated heterocycles. The molecule has 0 aliphatic rings. The van der Waals surface area contributed by atoms with Crippen LogP contribution in [0.25, 0.3) is 5.57 Å². The monoisotopic (exact) mass is 453 g/mol. The Balaban J connectivity index is 3.04. The number of benzene rings is 2. The Kier molecular flexibility index (Phi) is 8.72. The van der Waals surface area contributed by atoms with Gasteiger partial charge in [0, 0.05) is 23.9 Å². The van der Waals surface area contributed by atoms with Crippen molar-refractivity contribution in [3.63, 3.8) is 0 Å². The summed E-state index contributed by atoms with van der Waals surface area (Å²) in [4.78, 5) is 29.1. The molecule has 0 N–H and O–H groups in total. The molecule has 2 aromatic carbocycles. The fraction of sp³-hybridized carbons (Fsp3) is 0.308. The highest BCUT2D eigenvalue weighted by molar-refractivity contribution is 8.03. The molecule has 2 aromatic rings. The predicted molar refractivity (Wildman–Crippen MR) is 130 cm³/mol. The summed E-state index contributed by atoms with van der Waals surface area (Å²) in [6, 6.07) is 19.9. The molecule has 170 valence electrons. The lowest BCUT2D eigenvalue weighted by Crippen LogP contribution is -2.26. The number of likely N-dealkylation sites (N-methyl/N-ethyl adjacent to an activating group) is 1. The molecule has 32 heavy (non-hydrogen) atoms. The SMILES string of the molecule is COC(=O)C(C(=O)OC)=C(/C(Sc1ccccc1)=C(/c1ccccc1)C(C)(C)C)N(C)C. The van der Waals surface area contributed by atoms with Crippen LogP contribution < -0.4 is 0 Å². The van der Waals surface area contributed by atoms with Crippen molar-refractivity contribution in [1.29, 1.82) is 0 Å². The summed E-state index contributed by atoms with van der Waals surface area (Å²) in [6.07, 6.45) is 0. The summed E-state index contributed by atoms with van der Waals surface area (Å²) in [7, 11) is 6.12. The molecule has 6 heteroatoms. The maximum atomic E-state index is 12.8. The van der Waals surface area contributed by atoms with Crippen LogP contribution in [0.4, 0.5) is 0 Å². The number of ether oxygens (including phenoxy) is 2. The van der Waals surface area contributed by atoms with Gasteiger partial charge in [-0.2, -0.15) is 0 Å². The van der Waals surface area contributed by atoms with Gasteiger partial charge in [-0.15, -0.1) is 0 Å². The van der Waals surface area contributed by atoms with Gasteiger partial charge in [0.2, 0.25) is 0 Å². The molecule has 0 aliphatic heterocycles. The maximum Gasteiger partial charge on any atom is 0.347 e. The van der Waals surface area contributed by atoms with E-state index in [-0.39, 0.29) is 11.0 Å². The molecule has 0 atom stereocenters. The van der Waals surface area contributed by atoms with Crippen molar-refractivity contribution in [3.05, 3.63) is 82.4 Å². The van der Waals surface area contributed by atoms with Crippen molar-refractivity contribution >= 4 is 29.3 Å². The van der Waals surface area contributed by atoms with Crippen LogP contribution in [0.5, 0.6) is 0 Å². The quantitative estimate of drug-likeness (QED) is 0.140. The van der Waals surface area contributed by atoms with Crippen LogP contribution in [0, 0.1) is 5.41 Å². The Labute approximate surface area is 195 Å². The first-order chi connectivity index (χ1) is 15.1. The van der Waals surface area contributed by atoms with Crippen LogP contribution in [-0.4, -0.2) is 45.2 Å². The standard InChI is InChI=1S/C26H31NO4S/c1-26(2,3)21(18-14-10-8-11-15-18)23(32-19-16-12-9-13-17-19)22(27(4)5)20(24(28)30-6)25(29)31-7/h8-17H,1-7H3/b23-21+. The predicted octanol–water partition coefficient (Wildman–Crippen LogP) is 5.40. The molecular formula is C26H31NO4S. The van der Waals surface area contributed by atoms with Crippen molar-refractivity contribution in [3.8, 4) is 0 Å². The highest BCUT2D eigenvalue weighted by atomic mass is 32.2. The van der Waals surface area contributed by atoms with E-state index in [4.69, 9.17) is 9.47 Å². The lowest BCUT2D eigenvalue weighted by Gasteiger charge is -2.31. The minimum atomic E-state index is -0.743. The van der Waals surface area contributed by atoms with Crippen LogP contribution >= 0.6 is 11.8 Å². The number of nitrogens with zero attached hydrogens (tertiary/aromatic N) is 1. The number of carbonyl (C=O) groups excluding carboxylic acids is 2. The van der Waals surface area contributed by atoms with Gasteiger partial charge in [0.25, 0.3) is 0 Å². The molecule has 0 fully saturated rings. The molecule has 0 bridgehead atoms. The van der Waals surface area contributed by atoms with Gasteiger partial charge in [0.05, 0.1) is 19.9 Å². The van der Waals surface area contributed by atoms with Crippen molar-refractivity contribution in [2.24, 2.45) is 5.41 Å². The Bertz CT molecular complexity index is 985. The largest absolute Gasteiger partial charge is 0.465 e. The summed E-state index contributed by atoms with van der Waals surface area (Å²) in [5, 5.41) is 0. The van der Waals surface area contributed by atoms with E-state index < -0.39 is 11.9 Å². The van der Waals surface area contributed by atoms with Crippen LogP contribution in [0.2, 0.25) is 0 Å². The average Bonchev–Trinajstić information content (AvgIpc) is 2.76. The van der Waals surface area contributed by atoms with E-state index in [2.05, 4.69) is 20.8 Å². The van der Waals surface area contributed by atoms with Gasteiger partial charge in [-0.05, 0) is 28.7 Å². The Morgan fingerprint density at radius 1 is 0.812 bits per heavy atom. The molecule has 5 nitrogen and oxygen atoms in total. The molecular weight excluding hydrogens is 422 g/mol. The maximum absolute atomic E-state index is 12.8. The van der Waals surface area contributed by atoms with Gasteiger partial charge in [0.15, 0.2) is 5.57 Å². The number of hydrogen-bond acceptors (Lipinski definition) is 6. The number of hydrogen-bond donors (Lipinski definition) is 0. The number of rotatable bonds is 7. The second-order valence-electron chi connectivity index (χ2n) is 8.34. The minimum absolute atomic E-state index is 0.142. The van der Waals surface area contributed by atoms with E-state index in [9.17, 15) is 9.59 Å². The first-order valence-electron chi connectivity index (χ1n) is 10.2. The van der Waals surface area contributed by atoms with Crippen LogP contribution in [0.3, 0.4) is 0 Å². The van der Waals surface area contributed by atoms with Gasteiger partial charge < -0.3 is 14.4 Å². The van der Waals surface area contributed by atoms with Gasteiger partial charge in [-0.25, -0.2) is 9.59 Å². The summed E-state index contributed by atoms with van der Waals surface area (Å²) >= 11 is 1.50. The van der Waals surface area contributed by atoms with Gasteiger partial charge in [0.1, 0.15) is 0 Å². The van der Waals surface area contributed by atoms with Gasteiger partial charge in [-0.1, -0.05) is 81.1 Å². The van der Waals surface area contributed by atoms with Gasteiger partial charge in [-0.3, -0.25) is 0 Å². The van der Waals surface area contributed by atoms with Crippen molar-refractivity contribution in [2.75, 3.05) is 28.3 Å². The van der Waals surface area contributed by atoms with Crippen molar-refractivity contribution in [1.82, 2.24) is 4.90 Å². The first-order valence-corrected chi connectivity index (χ1v) is 11.0. The molecule has 0 aliphatic carbocycles. The minimum Gasteiger partial charge on any atom is -0.465 e. The summed E-state index contributed by atoms with van der Waals surface area (Å²) in [5.41, 5.74) is 2.01. The number of carbonyl (C=O) groups is 2. The Morgan fingerprint density at radius 2 is 1.28 bits per heavy atom. The number of methoxy groups -OCH3 is 2. The lowest BCUT2D eigenvalue weighted by atomic mass is 9.81. The third-order valence-corrected chi connectivity index (χ3v) is 5.79. The molecule has 0 aromatic heterocycles. The second-order valence-corrected chi connectivity index (χ2v) is 9.42. The van der Waals surface area contributed by atoms with E-state index in [1.807, 2.05) is 60.7 Å². The topological polar surface area (TPSA) is 55.8 Å². The Hall–Kier alpha value is -2.99. The first kappa shape index (κ1) is 25.3. The summed E-state index contributed by atoms with van der Waals surface area (Å²) < 4.78 is 9.96. The lowest BCUT2D eigenvalue weighted by molar-refractivity contribution is -0.144. The Morgan fingerprint density at radius 3 is 1.69 bits per heavy atom. The number of thioether (sulfide) groups is 1. The van der Waals surface area contributed by atoms with E-state index in [0.29, 0.717) is 5.70 Å². The zero-order valence-corrected chi connectivity index (χ0v) is 20.6. The zero-order valence-electron chi connectivity index (χ0n) is 19.8. The van der Waals surface area contributed by atoms with E-state index in [1.165, 1.54) is 26.0 Å². The highest BCUT2D eigenvalue weighted by Crippen LogP contribution is 2.46. The third-order valence-electron chi connectivity index (χ3n) is 4.68. The van der Waals surface area contributed by atoms with E-state index >= 15 is 0 Å². The normalized spacial score (nSPS) is 11.8. The average molecular weight is 454 g/mol. The molecule has 2 rings (SSSR count). The molecule has 0 radical (unpaired) electrons.